The van der Waals surface area contributed by atoms with E-state index in [-0.39, 0.29) is 31.1 Å². The van der Waals surface area contributed by atoms with Gasteiger partial charge in [0.25, 0.3) is 0 Å². The quantitative estimate of drug-likeness (QED) is 0.0199. The van der Waals surface area contributed by atoms with Crippen LogP contribution in [0.5, 0.6) is 0 Å². The summed E-state index contributed by atoms with van der Waals surface area (Å²) in [4.78, 5) is 38.0. The molecule has 6 heteroatoms. The molecule has 1 atom stereocenters. The molecule has 0 bridgehead atoms. The number of ether oxygens (including phenoxy) is 3. The van der Waals surface area contributed by atoms with E-state index in [4.69, 9.17) is 14.2 Å². The average Bonchev–Trinajstić information content (AvgIpc) is 3.30. The molecule has 0 aromatic rings. The molecule has 0 aliphatic heterocycles. The third-order valence-corrected chi connectivity index (χ3v) is 10.1. The van der Waals surface area contributed by atoms with Crippen molar-refractivity contribution in [2.75, 3.05) is 13.2 Å². The number of rotatable bonds is 43. The Morgan fingerprint density at radius 1 is 0.323 bits per heavy atom. The van der Waals surface area contributed by atoms with E-state index in [1.54, 1.807) is 0 Å². The van der Waals surface area contributed by atoms with E-state index in [0.29, 0.717) is 25.7 Å². The Morgan fingerprint density at radius 2 is 0.615 bits per heavy atom. The monoisotopic (exact) mass is 895 g/mol. The molecule has 0 aliphatic rings. The Balaban J connectivity index is 4.58. The van der Waals surface area contributed by atoms with Crippen LogP contribution in [0.2, 0.25) is 0 Å². The zero-order valence-corrected chi connectivity index (χ0v) is 41.2. The second kappa shape index (κ2) is 51.9. The summed E-state index contributed by atoms with van der Waals surface area (Å²) in [6, 6.07) is 0. The van der Waals surface area contributed by atoms with Crippen LogP contribution in [0.3, 0.4) is 0 Å². The van der Waals surface area contributed by atoms with Crippen molar-refractivity contribution in [3.8, 4) is 0 Å². The second-order valence-corrected chi connectivity index (χ2v) is 16.2. The highest BCUT2D eigenvalue weighted by Gasteiger charge is 2.19. The topological polar surface area (TPSA) is 78.9 Å². The van der Waals surface area contributed by atoms with E-state index in [2.05, 4.69) is 57.2 Å². The summed E-state index contributed by atoms with van der Waals surface area (Å²) in [5.41, 5.74) is 0. The number of carbonyl (C=O) groups is 3. The normalized spacial score (nSPS) is 13.3. The van der Waals surface area contributed by atoms with Gasteiger partial charge >= 0.3 is 17.9 Å². The van der Waals surface area contributed by atoms with E-state index in [1.807, 2.05) is 109 Å². The van der Waals surface area contributed by atoms with Crippen molar-refractivity contribution in [3.63, 3.8) is 0 Å². The molecule has 0 amide bonds. The number of allylic oxidation sites excluding steroid dienone is 24. The molecule has 0 rings (SSSR count). The Morgan fingerprint density at radius 3 is 1.00 bits per heavy atom. The lowest BCUT2D eigenvalue weighted by atomic mass is 10.1. The molecule has 6 nitrogen and oxygen atoms in total. The number of hydrogen-bond donors (Lipinski definition) is 0. The molecule has 1 unspecified atom stereocenters. The predicted molar refractivity (Wildman–Crippen MR) is 279 cm³/mol. The fourth-order valence-corrected chi connectivity index (χ4v) is 6.31. The van der Waals surface area contributed by atoms with Crippen molar-refractivity contribution in [3.05, 3.63) is 146 Å². The highest BCUT2D eigenvalue weighted by atomic mass is 16.6. The molecule has 0 spiro atoms. The highest BCUT2D eigenvalue weighted by molar-refractivity contribution is 5.71. The Hall–Kier alpha value is -4.71. The minimum atomic E-state index is -0.821. The maximum atomic E-state index is 12.8. The van der Waals surface area contributed by atoms with Crippen molar-refractivity contribution < 1.29 is 28.6 Å². The van der Waals surface area contributed by atoms with Gasteiger partial charge in [0.15, 0.2) is 6.10 Å². The van der Waals surface area contributed by atoms with Crippen LogP contribution >= 0.6 is 0 Å². The van der Waals surface area contributed by atoms with Gasteiger partial charge < -0.3 is 14.2 Å². The zero-order valence-electron chi connectivity index (χ0n) is 41.2. The molecule has 0 aromatic heterocycles. The Bertz CT molecular complexity index is 1490. The number of unbranched alkanes of at least 4 members (excludes halogenated alkanes) is 17. The summed E-state index contributed by atoms with van der Waals surface area (Å²) in [6.45, 7) is 6.23. The molecule has 0 saturated heterocycles. The van der Waals surface area contributed by atoms with Gasteiger partial charge in [-0.2, -0.15) is 0 Å². The number of hydrogen-bond acceptors (Lipinski definition) is 6. The van der Waals surface area contributed by atoms with Crippen LogP contribution in [-0.2, 0) is 28.6 Å². The van der Waals surface area contributed by atoms with Gasteiger partial charge in [0.1, 0.15) is 13.2 Å². The van der Waals surface area contributed by atoms with Gasteiger partial charge in [0, 0.05) is 19.3 Å². The summed E-state index contributed by atoms with van der Waals surface area (Å²) in [5, 5.41) is 0. The van der Waals surface area contributed by atoms with Gasteiger partial charge in [-0.3, -0.25) is 14.4 Å². The van der Waals surface area contributed by atoms with Gasteiger partial charge in [-0.25, -0.2) is 0 Å². The first kappa shape index (κ1) is 60.3. The molecule has 0 aromatic carbocycles. The fourth-order valence-electron chi connectivity index (χ4n) is 6.31. The number of carbonyl (C=O) groups excluding carboxylic acids is 3. The molecule has 362 valence electrons. The van der Waals surface area contributed by atoms with Crippen molar-refractivity contribution >= 4 is 17.9 Å². The average molecular weight is 895 g/mol. The summed E-state index contributed by atoms with van der Waals surface area (Å²) in [6.07, 6.45) is 73.9. The van der Waals surface area contributed by atoms with E-state index in [9.17, 15) is 14.4 Å². The van der Waals surface area contributed by atoms with Crippen LogP contribution in [0.4, 0.5) is 0 Å². The van der Waals surface area contributed by atoms with Crippen molar-refractivity contribution in [1.29, 1.82) is 0 Å². The minimum absolute atomic E-state index is 0.122. The molecule has 0 fully saturated rings. The van der Waals surface area contributed by atoms with Gasteiger partial charge in [0.2, 0.25) is 0 Å². The molecule has 0 heterocycles. The highest BCUT2D eigenvalue weighted by Crippen LogP contribution is 2.13. The van der Waals surface area contributed by atoms with Crippen molar-refractivity contribution in [2.45, 2.75) is 194 Å². The molecule has 65 heavy (non-hydrogen) atoms. The van der Waals surface area contributed by atoms with Crippen LogP contribution < -0.4 is 0 Å². The van der Waals surface area contributed by atoms with E-state index in [0.717, 1.165) is 77.0 Å². The van der Waals surface area contributed by atoms with E-state index in [1.165, 1.54) is 64.2 Å². The van der Waals surface area contributed by atoms with Crippen molar-refractivity contribution in [1.82, 2.24) is 0 Å². The molecule has 0 radical (unpaired) electrons. The first-order valence-corrected chi connectivity index (χ1v) is 25.5. The van der Waals surface area contributed by atoms with Crippen LogP contribution in [0.25, 0.3) is 0 Å². The molecule has 0 aliphatic carbocycles. The molecular weight excluding hydrogens is 805 g/mol. The SMILES string of the molecule is CC/C=C/C=C/C=C/C=C/C=C/C=C/C=C/CCCCCC(=O)OCC(COC(=O)CCCCC/C=C/C=C/C=C/C=C/CC)OC(=O)CCCCCCCCC/C=C/CCCCCC. The second-order valence-electron chi connectivity index (χ2n) is 16.2. The third-order valence-electron chi connectivity index (χ3n) is 10.1. The summed E-state index contributed by atoms with van der Waals surface area (Å²) >= 11 is 0. The van der Waals surface area contributed by atoms with Gasteiger partial charge in [-0.15, -0.1) is 0 Å². The first-order chi connectivity index (χ1) is 32.0. The maximum absolute atomic E-state index is 12.8. The van der Waals surface area contributed by atoms with Crippen LogP contribution in [0.15, 0.2) is 146 Å². The summed E-state index contributed by atoms with van der Waals surface area (Å²) in [7, 11) is 0. The maximum Gasteiger partial charge on any atom is 0.306 e. The van der Waals surface area contributed by atoms with Gasteiger partial charge in [0.05, 0.1) is 0 Å². The smallest absolute Gasteiger partial charge is 0.306 e. The Labute approximate surface area is 397 Å². The Kier molecular flexibility index (Phi) is 48.2. The van der Waals surface area contributed by atoms with Crippen LogP contribution in [0, 0.1) is 0 Å². The van der Waals surface area contributed by atoms with E-state index < -0.39 is 6.10 Å². The fraction of sp³-hybridized carbons (Fsp3) is 0.542. The predicted octanol–water partition coefficient (Wildman–Crippen LogP) is 16.9. The molecular formula is C59H90O6. The van der Waals surface area contributed by atoms with Crippen LogP contribution in [-0.4, -0.2) is 37.2 Å². The molecule has 0 saturated carbocycles. The zero-order chi connectivity index (χ0) is 47.2. The third kappa shape index (κ3) is 50.2. The summed E-state index contributed by atoms with van der Waals surface area (Å²) < 4.78 is 16.7. The van der Waals surface area contributed by atoms with Crippen LogP contribution in [0.1, 0.15) is 188 Å². The lowest BCUT2D eigenvalue weighted by molar-refractivity contribution is -0.167. The molecule has 0 N–H and O–H groups in total. The number of esters is 3. The first-order valence-electron chi connectivity index (χ1n) is 25.5. The van der Waals surface area contributed by atoms with Gasteiger partial charge in [-0.05, 0) is 83.5 Å². The van der Waals surface area contributed by atoms with Gasteiger partial charge in [-0.1, -0.05) is 231 Å². The standard InChI is InChI=1S/C59H90O6/c1-4-7-10-13-16-19-22-25-27-28-29-30-32-34-37-40-43-46-49-52-58(61)64-55-56(54-63-57(60)51-48-45-42-39-36-33-24-21-18-15-12-9-6-3)65-59(62)53-50-47-44-41-38-35-31-26-23-20-17-14-11-8-5-2/h7,9-10,12-13,15-16,18-25,27-30,32-34,36-37,56H,4-6,8,11,14,17,26,31,35,38-55H2,1-3H3/b10-7+,12-9+,16-13+,18-15+,22-19+,23-20+,24-21+,27-25+,29-28+,32-30+,36-33+,37-34+. The summed E-state index contributed by atoms with van der Waals surface area (Å²) in [5.74, 6) is -1.02. The largest absolute Gasteiger partial charge is 0.462 e. The van der Waals surface area contributed by atoms with Crippen molar-refractivity contribution in [2.24, 2.45) is 0 Å². The minimum Gasteiger partial charge on any atom is -0.462 e. The lowest BCUT2D eigenvalue weighted by Gasteiger charge is -2.18. The van der Waals surface area contributed by atoms with E-state index >= 15 is 0 Å². The lowest BCUT2D eigenvalue weighted by Crippen LogP contribution is -2.30.